The minimum atomic E-state index is -0.665. The van der Waals surface area contributed by atoms with Gasteiger partial charge < -0.3 is 5.11 Å². The highest BCUT2D eigenvalue weighted by Gasteiger charge is 2.35. The Labute approximate surface area is 108 Å². The normalized spacial score (nSPS) is 23.5. The molecule has 4 heteroatoms. The fourth-order valence-corrected chi connectivity index (χ4v) is 2.82. The van der Waals surface area contributed by atoms with Crippen molar-refractivity contribution in [3.63, 3.8) is 0 Å². The summed E-state index contributed by atoms with van der Waals surface area (Å²) in [7, 11) is 2.00. The zero-order valence-electron chi connectivity index (χ0n) is 11.0. The van der Waals surface area contributed by atoms with Crippen LogP contribution in [0.2, 0.25) is 0 Å². The van der Waals surface area contributed by atoms with Gasteiger partial charge in [0.05, 0.1) is 11.6 Å². The SMILES string of the molecule is Cc1cccc(CN(C)C2CCCC2C(=O)O)n1. The van der Waals surface area contributed by atoms with E-state index in [-0.39, 0.29) is 12.0 Å². The molecular weight excluding hydrogens is 228 g/mol. The summed E-state index contributed by atoms with van der Waals surface area (Å²) in [6, 6.07) is 6.10. The first kappa shape index (κ1) is 13.0. The molecule has 1 fully saturated rings. The van der Waals surface area contributed by atoms with Crippen LogP contribution < -0.4 is 0 Å². The highest BCUT2D eigenvalue weighted by atomic mass is 16.4. The number of pyridine rings is 1. The molecule has 0 spiro atoms. The molecule has 1 saturated carbocycles. The van der Waals surface area contributed by atoms with Gasteiger partial charge in [-0.05, 0) is 38.9 Å². The second-order valence-electron chi connectivity index (χ2n) is 5.13. The zero-order chi connectivity index (χ0) is 13.1. The molecule has 1 heterocycles. The van der Waals surface area contributed by atoms with Crippen molar-refractivity contribution in [1.82, 2.24) is 9.88 Å². The van der Waals surface area contributed by atoms with Crippen LogP contribution in [0.25, 0.3) is 0 Å². The van der Waals surface area contributed by atoms with E-state index in [2.05, 4.69) is 9.88 Å². The minimum Gasteiger partial charge on any atom is -0.481 e. The van der Waals surface area contributed by atoms with E-state index in [1.807, 2.05) is 32.2 Å². The van der Waals surface area contributed by atoms with Crippen molar-refractivity contribution >= 4 is 5.97 Å². The molecule has 4 nitrogen and oxygen atoms in total. The molecule has 1 N–H and O–H groups in total. The molecule has 2 rings (SSSR count). The van der Waals surface area contributed by atoms with Crippen molar-refractivity contribution in [3.8, 4) is 0 Å². The summed E-state index contributed by atoms with van der Waals surface area (Å²) in [6.45, 7) is 2.69. The minimum absolute atomic E-state index is 0.143. The van der Waals surface area contributed by atoms with E-state index in [1.165, 1.54) is 0 Å². The number of carboxylic acids is 1. The van der Waals surface area contributed by atoms with Crippen molar-refractivity contribution < 1.29 is 9.90 Å². The van der Waals surface area contributed by atoms with Crippen molar-refractivity contribution in [2.45, 2.75) is 38.8 Å². The number of aryl methyl sites for hydroxylation is 1. The maximum absolute atomic E-state index is 11.2. The van der Waals surface area contributed by atoms with Gasteiger partial charge in [0.1, 0.15) is 0 Å². The van der Waals surface area contributed by atoms with Gasteiger partial charge >= 0.3 is 5.97 Å². The Morgan fingerprint density at radius 2 is 2.28 bits per heavy atom. The Kier molecular flexibility index (Phi) is 3.97. The number of aromatic nitrogens is 1. The molecule has 1 aliphatic rings. The van der Waals surface area contributed by atoms with Crippen LogP contribution in [-0.4, -0.2) is 34.0 Å². The van der Waals surface area contributed by atoms with Crippen molar-refractivity contribution in [1.29, 1.82) is 0 Å². The van der Waals surface area contributed by atoms with Crippen LogP contribution in [0.5, 0.6) is 0 Å². The maximum Gasteiger partial charge on any atom is 0.308 e. The van der Waals surface area contributed by atoms with Gasteiger partial charge in [0.15, 0.2) is 0 Å². The van der Waals surface area contributed by atoms with Gasteiger partial charge in [0.2, 0.25) is 0 Å². The van der Waals surface area contributed by atoms with E-state index in [1.54, 1.807) is 0 Å². The lowest BCUT2D eigenvalue weighted by Crippen LogP contribution is -2.37. The Hall–Kier alpha value is -1.42. The molecule has 0 aromatic carbocycles. The number of carboxylic acid groups (broad SMARTS) is 1. The summed E-state index contributed by atoms with van der Waals surface area (Å²) < 4.78 is 0. The molecule has 18 heavy (non-hydrogen) atoms. The number of aliphatic carboxylic acids is 1. The maximum atomic E-state index is 11.2. The molecule has 98 valence electrons. The number of carbonyl (C=O) groups is 1. The van der Waals surface area contributed by atoms with Gasteiger partial charge in [-0.15, -0.1) is 0 Å². The van der Waals surface area contributed by atoms with Crippen LogP contribution in [0.1, 0.15) is 30.7 Å². The predicted molar refractivity (Wildman–Crippen MR) is 69.2 cm³/mol. The first-order valence-corrected chi connectivity index (χ1v) is 6.43. The number of nitrogens with zero attached hydrogens (tertiary/aromatic N) is 2. The van der Waals surface area contributed by atoms with Crippen LogP contribution in [0, 0.1) is 12.8 Å². The van der Waals surface area contributed by atoms with E-state index in [0.29, 0.717) is 0 Å². The van der Waals surface area contributed by atoms with Crippen molar-refractivity contribution in [3.05, 3.63) is 29.6 Å². The molecule has 0 amide bonds. The lowest BCUT2D eigenvalue weighted by atomic mass is 10.0. The van der Waals surface area contributed by atoms with Gasteiger partial charge in [0, 0.05) is 18.3 Å². The predicted octanol–water partition coefficient (Wildman–Crippen LogP) is 2.08. The molecule has 0 aliphatic heterocycles. The molecule has 1 aromatic heterocycles. The van der Waals surface area contributed by atoms with Gasteiger partial charge in [-0.25, -0.2) is 0 Å². The quantitative estimate of drug-likeness (QED) is 0.886. The Morgan fingerprint density at radius 1 is 1.50 bits per heavy atom. The summed E-state index contributed by atoms with van der Waals surface area (Å²) >= 11 is 0. The van der Waals surface area contributed by atoms with Crippen LogP contribution in [-0.2, 0) is 11.3 Å². The topological polar surface area (TPSA) is 53.4 Å². The number of hydrogen-bond donors (Lipinski definition) is 1. The van der Waals surface area contributed by atoms with Crippen molar-refractivity contribution in [2.75, 3.05) is 7.05 Å². The first-order chi connectivity index (χ1) is 8.58. The third-order valence-corrected chi connectivity index (χ3v) is 3.72. The Bertz CT molecular complexity index is 434. The summed E-state index contributed by atoms with van der Waals surface area (Å²) in [5.41, 5.74) is 2.01. The highest BCUT2D eigenvalue weighted by Crippen LogP contribution is 2.30. The van der Waals surface area contributed by atoms with Crippen LogP contribution in [0.3, 0.4) is 0 Å². The smallest absolute Gasteiger partial charge is 0.308 e. The van der Waals surface area contributed by atoms with Gasteiger partial charge in [-0.2, -0.15) is 0 Å². The number of hydrogen-bond acceptors (Lipinski definition) is 3. The van der Waals surface area contributed by atoms with Crippen molar-refractivity contribution in [2.24, 2.45) is 5.92 Å². The summed E-state index contributed by atoms with van der Waals surface area (Å²) in [6.07, 6.45) is 2.78. The lowest BCUT2D eigenvalue weighted by molar-refractivity contribution is -0.143. The first-order valence-electron chi connectivity index (χ1n) is 6.43. The van der Waals surface area contributed by atoms with Gasteiger partial charge in [-0.3, -0.25) is 14.7 Å². The van der Waals surface area contributed by atoms with E-state index in [9.17, 15) is 9.90 Å². The summed E-state index contributed by atoms with van der Waals surface area (Å²) in [5, 5.41) is 9.20. The summed E-state index contributed by atoms with van der Waals surface area (Å²) in [5.74, 6) is -0.888. The third kappa shape index (κ3) is 2.88. The van der Waals surface area contributed by atoms with Gasteiger partial charge in [-0.1, -0.05) is 12.5 Å². The summed E-state index contributed by atoms with van der Waals surface area (Å²) in [4.78, 5) is 17.8. The number of rotatable bonds is 4. The largest absolute Gasteiger partial charge is 0.481 e. The standard InChI is InChI=1S/C14H20N2O2/c1-10-5-3-6-11(15-10)9-16(2)13-8-4-7-12(13)14(17)18/h3,5-6,12-13H,4,7-9H2,1-2H3,(H,17,18). The molecule has 0 bridgehead atoms. The van der Waals surface area contributed by atoms with E-state index >= 15 is 0 Å². The van der Waals surface area contributed by atoms with E-state index in [0.717, 1.165) is 37.2 Å². The monoisotopic (exact) mass is 248 g/mol. The average molecular weight is 248 g/mol. The molecule has 2 unspecified atom stereocenters. The molecule has 1 aromatic rings. The second-order valence-corrected chi connectivity index (χ2v) is 5.13. The fraction of sp³-hybridized carbons (Fsp3) is 0.571. The second kappa shape index (κ2) is 5.48. The average Bonchev–Trinajstić information content (AvgIpc) is 2.77. The van der Waals surface area contributed by atoms with Crippen LogP contribution in [0.4, 0.5) is 0 Å². The van der Waals surface area contributed by atoms with E-state index in [4.69, 9.17) is 0 Å². The molecule has 0 radical (unpaired) electrons. The lowest BCUT2D eigenvalue weighted by Gasteiger charge is -2.27. The molecule has 1 aliphatic carbocycles. The zero-order valence-corrected chi connectivity index (χ0v) is 11.0. The molecular formula is C14H20N2O2. The van der Waals surface area contributed by atoms with Crippen LogP contribution in [0.15, 0.2) is 18.2 Å². The fourth-order valence-electron chi connectivity index (χ4n) is 2.82. The molecule has 2 atom stereocenters. The van der Waals surface area contributed by atoms with Gasteiger partial charge in [0.25, 0.3) is 0 Å². The van der Waals surface area contributed by atoms with E-state index < -0.39 is 5.97 Å². The Morgan fingerprint density at radius 3 is 2.94 bits per heavy atom. The third-order valence-electron chi connectivity index (χ3n) is 3.72. The molecule has 0 saturated heterocycles. The van der Waals surface area contributed by atoms with Crippen LogP contribution >= 0.6 is 0 Å². The Balaban J connectivity index is 2.03. The highest BCUT2D eigenvalue weighted by molar-refractivity contribution is 5.71.